The van der Waals surface area contributed by atoms with Crippen LogP contribution in [0.4, 0.5) is 11.5 Å². The Morgan fingerprint density at radius 1 is 0.862 bits per heavy atom. The van der Waals surface area contributed by atoms with Crippen LogP contribution in [-0.2, 0) is 9.47 Å². The summed E-state index contributed by atoms with van der Waals surface area (Å²) in [6, 6.07) is 11.7. The van der Waals surface area contributed by atoms with Crippen molar-refractivity contribution in [3.63, 3.8) is 0 Å². The number of nitrogens with one attached hydrogen (secondary N) is 1. The van der Waals surface area contributed by atoms with Gasteiger partial charge in [0.15, 0.2) is 11.5 Å². The molecule has 29 heavy (non-hydrogen) atoms. The summed E-state index contributed by atoms with van der Waals surface area (Å²) in [6.45, 7) is 6.70. The lowest BCUT2D eigenvalue weighted by Gasteiger charge is -2.16. The molecular weight excluding hydrogens is 370 g/mol. The van der Waals surface area contributed by atoms with E-state index in [0.717, 1.165) is 22.2 Å². The van der Waals surface area contributed by atoms with E-state index in [4.69, 9.17) is 18.9 Å². The summed E-state index contributed by atoms with van der Waals surface area (Å²) < 4.78 is 22.8. The molecule has 0 saturated carbocycles. The van der Waals surface area contributed by atoms with Crippen molar-refractivity contribution in [3.05, 3.63) is 54.9 Å². The highest BCUT2D eigenvalue weighted by molar-refractivity contribution is 5.93. The predicted molar refractivity (Wildman–Crippen MR) is 112 cm³/mol. The van der Waals surface area contributed by atoms with E-state index >= 15 is 0 Å². The molecule has 1 aliphatic heterocycles. The first-order valence-electron chi connectivity index (χ1n) is 9.53. The molecule has 0 fully saturated rings. The van der Waals surface area contributed by atoms with Crippen molar-refractivity contribution in [1.82, 2.24) is 9.97 Å². The van der Waals surface area contributed by atoms with Crippen molar-refractivity contribution in [3.8, 4) is 11.5 Å². The summed E-state index contributed by atoms with van der Waals surface area (Å²) in [5.41, 5.74) is 2.70. The van der Waals surface area contributed by atoms with E-state index in [-0.39, 0.29) is 0 Å². The molecule has 0 saturated heterocycles. The third-order valence-corrected chi connectivity index (χ3v) is 4.43. The van der Waals surface area contributed by atoms with Gasteiger partial charge in [-0.05, 0) is 23.8 Å². The monoisotopic (exact) mass is 393 g/mol. The third-order valence-electron chi connectivity index (χ3n) is 4.43. The fourth-order valence-electron chi connectivity index (χ4n) is 3.01. The molecule has 0 unspecified atom stereocenters. The van der Waals surface area contributed by atoms with Gasteiger partial charge < -0.3 is 24.3 Å². The molecule has 0 atom stereocenters. The minimum Gasteiger partial charge on any atom is -0.487 e. The molecule has 7 heteroatoms. The van der Waals surface area contributed by atoms with Gasteiger partial charge in [0.25, 0.3) is 0 Å². The molecule has 4 rings (SSSR count). The molecule has 3 aromatic rings. The highest BCUT2D eigenvalue weighted by Crippen LogP contribution is 2.35. The molecular formula is C22H23N3O4. The van der Waals surface area contributed by atoms with Gasteiger partial charge >= 0.3 is 0 Å². The third kappa shape index (κ3) is 4.82. The number of hydrogen-bond donors (Lipinski definition) is 1. The molecule has 0 spiro atoms. The van der Waals surface area contributed by atoms with Crippen LogP contribution in [0.15, 0.2) is 49.3 Å². The lowest BCUT2D eigenvalue weighted by Crippen LogP contribution is -2.15. The Kier molecular flexibility index (Phi) is 6.19. The largest absolute Gasteiger partial charge is 0.487 e. The number of benzene rings is 2. The van der Waals surface area contributed by atoms with Crippen molar-refractivity contribution >= 4 is 28.5 Å². The quantitative estimate of drug-likeness (QED) is 0.725. The highest BCUT2D eigenvalue weighted by Gasteiger charge is 2.13. The average molecular weight is 393 g/mol. The van der Waals surface area contributed by atoms with Crippen LogP contribution in [0.2, 0.25) is 0 Å². The maximum Gasteiger partial charge on any atom is 0.163 e. The van der Waals surface area contributed by atoms with Crippen LogP contribution in [0.25, 0.3) is 17.0 Å². The topological polar surface area (TPSA) is 74.7 Å². The van der Waals surface area contributed by atoms with Crippen LogP contribution >= 0.6 is 0 Å². The number of anilines is 2. The molecule has 1 aliphatic rings. The molecule has 0 radical (unpaired) electrons. The van der Waals surface area contributed by atoms with Crippen molar-refractivity contribution in [2.24, 2.45) is 0 Å². The van der Waals surface area contributed by atoms with Gasteiger partial charge in [-0.2, -0.15) is 0 Å². The summed E-state index contributed by atoms with van der Waals surface area (Å²) >= 11 is 0. The lowest BCUT2D eigenvalue weighted by atomic mass is 10.1. The van der Waals surface area contributed by atoms with Gasteiger partial charge in [-0.1, -0.05) is 24.8 Å². The number of rotatable bonds is 3. The number of aromatic nitrogens is 2. The van der Waals surface area contributed by atoms with E-state index < -0.39 is 0 Å². The van der Waals surface area contributed by atoms with Crippen molar-refractivity contribution in [2.75, 3.05) is 45.0 Å². The minimum atomic E-state index is 0.416. The van der Waals surface area contributed by atoms with E-state index in [2.05, 4.69) is 21.9 Å². The number of ether oxygens (including phenoxy) is 4. The first-order valence-corrected chi connectivity index (χ1v) is 9.53. The number of hydrogen-bond acceptors (Lipinski definition) is 7. The zero-order valence-corrected chi connectivity index (χ0v) is 16.1. The van der Waals surface area contributed by atoms with Gasteiger partial charge in [-0.3, -0.25) is 0 Å². The number of fused-ring (bicyclic) bond motifs is 2. The second-order valence-electron chi connectivity index (χ2n) is 6.41. The summed E-state index contributed by atoms with van der Waals surface area (Å²) in [7, 11) is 0. The van der Waals surface area contributed by atoms with Crippen LogP contribution in [-0.4, -0.2) is 49.6 Å². The smallest absolute Gasteiger partial charge is 0.163 e. The van der Waals surface area contributed by atoms with E-state index in [1.807, 2.05) is 36.4 Å². The van der Waals surface area contributed by atoms with E-state index in [1.165, 1.54) is 6.33 Å². The highest BCUT2D eigenvalue weighted by atomic mass is 16.6. The van der Waals surface area contributed by atoms with Crippen LogP contribution < -0.4 is 14.8 Å². The molecule has 0 bridgehead atoms. The van der Waals surface area contributed by atoms with Gasteiger partial charge in [0.1, 0.15) is 25.4 Å². The van der Waals surface area contributed by atoms with E-state index in [1.54, 1.807) is 6.08 Å². The fourth-order valence-corrected chi connectivity index (χ4v) is 3.01. The van der Waals surface area contributed by atoms with Crippen LogP contribution in [0, 0.1) is 0 Å². The SMILES string of the molecule is C=Cc1cccc(Nc2ncnc3cc4c(cc23)OCCOCCOCCO4)c1. The van der Waals surface area contributed by atoms with Crippen molar-refractivity contribution in [1.29, 1.82) is 0 Å². The second-order valence-corrected chi connectivity index (χ2v) is 6.41. The minimum absolute atomic E-state index is 0.416. The molecule has 2 aromatic carbocycles. The van der Waals surface area contributed by atoms with E-state index in [0.29, 0.717) is 57.0 Å². The number of nitrogens with zero attached hydrogens (tertiary/aromatic N) is 2. The summed E-state index contributed by atoms with van der Waals surface area (Å²) in [4.78, 5) is 8.82. The maximum atomic E-state index is 5.92. The molecule has 1 aromatic heterocycles. The lowest BCUT2D eigenvalue weighted by molar-refractivity contribution is 0.0224. The van der Waals surface area contributed by atoms with Gasteiger partial charge in [-0.25, -0.2) is 9.97 Å². The first-order chi connectivity index (χ1) is 14.3. The summed E-state index contributed by atoms with van der Waals surface area (Å²) in [5.74, 6) is 1.94. The summed E-state index contributed by atoms with van der Waals surface area (Å²) in [6.07, 6.45) is 3.33. The maximum absolute atomic E-state index is 5.92. The van der Waals surface area contributed by atoms with Gasteiger partial charge in [0.05, 0.1) is 31.9 Å². The predicted octanol–water partition coefficient (Wildman–Crippen LogP) is 3.82. The Morgan fingerprint density at radius 2 is 1.59 bits per heavy atom. The second kappa shape index (κ2) is 9.36. The Morgan fingerprint density at radius 3 is 2.34 bits per heavy atom. The first kappa shape index (κ1) is 19.2. The Labute approximate surface area is 169 Å². The molecule has 1 N–H and O–H groups in total. The van der Waals surface area contributed by atoms with Crippen LogP contribution in [0.1, 0.15) is 5.56 Å². The van der Waals surface area contributed by atoms with Crippen LogP contribution in [0.3, 0.4) is 0 Å². The Bertz CT molecular complexity index is 993. The Hall–Kier alpha value is -3.16. The van der Waals surface area contributed by atoms with Gasteiger partial charge in [-0.15, -0.1) is 0 Å². The van der Waals surface area contributed by atoms with Gasteiger partial charge in [0, 0.05) is 17.1 Å². The average Bonchev–Trinajstić information content (AvgIpc) is 2.74. The normalized spacial score (nSPS) is 15.2. The van der Waals surface area contributed by atoms with Crippen LogP contribution in [0.5, 0.6) is 11.5 Å². The molecule has 0 amide bonds. The van der Waals surface area contributed by atoms with Crippen molar-refractivity contribution < 1.29 is 18.9 Å². The zero-order chi connectivity index (χ0) is 19.9. The molecule has 7 nitrogen and oxygen atoms in total. The fraction of sp³-hybridized carbons (Fsp3) is 0.273. The standard InChI is InChI=1S/C22H23N3O4/c1-2-16-4-3-5-17(12-16)25-22-18-13-20-21(14-19(18)23-15-24-22)29-11-9-27-7-6-26-8-10-28-20/h2-5,12-15H,1,6-11H2,(H,23,24,25). The van der Waals surface area contributed by atoms with Crippen molar-refractivity contribution in [2.45, 2.75) is 0 Å². The molecule has 150 valence electrons. The summed E-state index contributed by atoms with van der Waals surface area (Å²) in [5, 5.41) is 4.19. The Balaban J connectivity index is 1.67. The molecule has 2 heterocycles. The van der Waals surface area contributed by atoms with Gasteiger partial charge in [0.2, 0.25) is 0 Å². The zero-order valence-electron chi connectivity index (χ0n) is 16.1. The van der Waals surface area contributed by atoms with E-state index in [9.17, 15) is 0 Å². The molecule has 0 aliphatic carbocycles.